The molecular formula is C11H14BNO3. The summed E-state index contributed by atoms with van der Waals surface area (Å²) in [6.07, 6.45) is -0.276. The van der Waals surface area contributed by atoms with Crippen LogP contribution in [-0.2, 0) is 0 Å². The molecule has 4 nitrogen and oxygen atoms in total. The molecule has 0 saturated heterocycles. The number of Topliss-reactive ketones (excluding diaryl/α,β-unsaturated/α-hetero) is 1. The highest BCUT2D eigenvalue weighted by atomic mass is 16.7. The number of likely N-dealkylation sites (N-methyl/N-ethyl adjacent to an activating group) is 1. The molecule has 1 heterocycles. The van der Waals surface area contributed by atoms with E-state index in [2.05, 4.69) is 5.32 Å². The lowest BCUT2D eigenvalue weighted by Crippen LogP contribution is -2.30. The average molecular weight is 219 g/mol. The molecule has 1 aliphatic heterocycles. The monoisotopic (exact) mass is 219 g/mol. The predicted molar refractivity (Wildman–Crippen MR) is 62.9 cm³/mol. The number of hydrogen-bond donors (Lipinski definition) is 1. The Morgan fingerprint density at radius 1 is 1.44 bits per heavy atom. The Hall–Kier alpha value is -1.49. The van der Waals surface area contributed by atoms with Crippen molar-refractivity contribution in [1.29, 1.82) is 0 Å². The normalized spacial score (nSPS) is 19.5. The standard InChI is InChI=1S/C11H14BNO3/c1-6(13-2)10(14)7-3-4-8-9(5-7)16-11(12)15-8/h3-6,11,13H,12H2,1-2H3/t6-,11?/m1/s1. The Morgan fingerprint density at radius 3 is 2.81 bits per heavy atom. The van der Waals surface area contributed by atoms with E-state index in [0.29, 0.717) is 17.1 Å². The minimum Gasteiger partial charge on any atom is -0.460 e. The Morgan fingerprint density at radius 2 is 2.12 bits per heavy atom. The summed E-state index contributed by atoms with van der Waals surface area (Å²) in [6, 6.07) is 5.07. The van der Waals surface area contributed by atoms with Gasteiger partial charge in [-0.3, -0.25) is 4.79 Å². The number of hydrogen-bond acceptors (Lipinski definition) is 4. The zero-order valence-electron chi connectivity index (χ0n) is 9.61. The third-order valence-corrected chi connectivity index (χ3v) is 2.64. The smallest absolute Gasteiger partial charge is 0.207 e. The van der Waals surface area contributed by atoms with Gasteiger partial charge >= 0.3 is 0 Å². The second-order valence-corrected chi connectivity index (χ2v) is 3.84. The molecule has 1 aromatic carbocycles. The Kier molecular flexibility index (Phi) is 2.87. The van der Waals surface area contributed by atoms with E-state index in [4.69, 9.17) is 9.47 Å². The number of carbonyl (C=O) groups is 1. The highest BCUT2D eigenvalue weighted by Crippen LogP contribution is 2.34. The van der Waals surface area contributed by atoms with Crippen LogP contribution >= 0.6 is 0 Å². The van der Waals surface area contributed by atoms with Gasteiger partial charge in [0, 0.05) is 5.56 Å². The molecule has 0 spiro atoms. The van der Waals surface area contributed by atoms with Crippen LogP contribution in [0, 0.1) is 0 Å². The van der Waals surface area contributed by atoms with Gasteiger partial charge in [-0.25, -0.2) is 0 Å². The van der Waals surface area contributed by atoms with Crippen LogP contribution in [0.1, 0.15) is 17.3 Å². The van der Waals surface area contributed by atoms with Crippen LogP contribution in [-0.4, -0.2) is 32.9 Å². The number of ether oxygens (including phenoxy) is 2. The minimum absolute atomic E-state index is 0.0495. The van der Waals surface area contributed by atoms with Gasteiger partial charge in [-0.05, 0) is 32.2 Å². The van der Waals surface area contributed by atoms with Crippen LogP contribution in [0.5, 0.6) is 11.5 Å². The number of benzene rings is 1. The molecule has 1 aromatic rings. The van der Waals surface area contributed by atoms with Crippen molar-refractivity contribution in [1.82, 2.24) is 5.32 Å². The predicted octanol–water partition coefficient (Wildman–Crippen LogP) is 0.165. The van der Waals surface area contributed by atoms with Crippen molar-refractivity contribution < 1.29 is 14.3 Å². The van der Waals surface area contributed by atoms with E-state index in [0.717, 1.165) is 0 Å². The maximum Gasteiger partial charge on any atom is 0.207 e. The lowest BCUT2D eigenvalue weighted by molar-refractivity contribution is 0.0954. The third-order valence-electron chi connectivity index (χ3n) is 2.64. The van der Waals surface area contributed by atoms with Crippen LogP contribution < -0.4 is 14.8 Å². The summed E-state index contributed by atoms with van der Waals surface area (Å²) >= 11 is 0. The SMILES string of the molecule is BC1Oc2ccc(C(=O)[C@@H](C)NC)cc2O1. The van der Waals surface area contributed by atoms with Gasteiger partial charge in [-0.2, -0.15) is 0 Å². The summed E-state index contributed by atoms with van der Waals surface area (Å²) in [5.74, 6) is 1.39. The van der Waals surface area contributed by atoms with E-state index in [1.807, 2.05) is 14.8 Å². The second-order valence-electron chi connectivity index (χ2n) is 3.84. The molecule has 0 aromatic heterocycles. The molecule has 84 valence electrons. The van der Waals surface area contributed by atoms with Crippen LogP contribution in [0.25, 0.3) is 0 Å². The fourth-order valence-corrected chi connectivity index (χ4v) is 1.61. The fraction of sp³-hybridized carbons (Fsp3) is 0.364. The molecule has 0 fully saturated rings. The fourth-order valence-electron chi connectivity index (χ4n) is 1.61. The van der Waals surface area contributed by atoms with Crippen molar-refractivity contribution in [3.63, 3.8) is 0 Å². The van der Waals surface area contributed by atoms with Gasteiger partial charge in [-0.15, -0.1) is 0 Å². The zero-order valence-corrected chi connectivity index (χ0v) is 9.61. The van der Waals surface area contributed by atoms with E-state index in [1.54, 1.807) is 25.2 Å². The van der Waals surface area contributed by atoms with Crippen LogP contribution in [0.3, 0.4) is 0 Å². The number of carbonyl (C=O) groups excluding carboxylic acids is 1. The van der Waals surface area contributed by atoms with Crippen LogP contribution in [0.2, 0.25) is 0 Å². The van der Waals surface area contributed by atoms with Gasteiger partial charge in [0.15, 0.2) is 23.5 Å². The topological polar surface area (TPSA) is 47.6 Å². The summed E-state index contributed by atoms with van der Waals surface area (Å²) in [5, 5.41) is 2.92. The first-order valence-electron chi connectivity index (χ1n) is 5.30. The maximum absolute atomic E-state index is 11.9. The molecule has 1 N–H and O–H groups in total. The summed E-state index contributed by atoms with van der Waals surface area (Å²) in [4.78, 5) is 11.9. The summed E-state index contributed by atoms with van der Waals surface area (Å²) in [6.45, 7) is 1.83. The number of nitrogens with one attached hydrogen (secondary N) is 1. The van der Waals surface area contributed by atoms with Crippen molar-refractivity contribution in [2.24, 2.45) is 0 Å². The Balaban J connectivity index is 2.26. The quantitative estimate of drug-likeness (QED) is 0.581. The zero-order chi connectivity index (χ0) is 11.7. The molecule has 2 rings (SSSR count). The summed E-state index contributed by atoms with van der Waals surface area (Å²) < 4.78 is 10.8. The van der Waals surface area contributed by atoms with Crippen LogP contribution in [0.4, 0.5) is 0 Å². The first kappa shape index (κ1) is 11.0. The molecular weight excluding hydrogens is 205 g/mol. The Labute approximate surface area is 95.3 Å². The Bertz CT molecular complexity index is 422. The highest BCUT2D eigenvalue weighted by molar-refractivity contribution is 6.10. The number of ketones is 1. The molecule has 16 heavy (non-hydrogen) atoms. The van der Waals surface area contributed by atoms with Gasteiger partial charge < -0.3 is 14.8 Å². The van der Waals surface area contributed by atoms with Gasteiger partial charge in [0.1, 0.15) is 0 Å². The molecule has 0 saturated carbocycles. The van der Waals surface area contributed by atoms with E-state index in [9.17, 15) is 4.79 Å². The van der Waals surface area contributed by atoms with Crippen molar-refractivity contribution in [2.75, 3.05) is 7.05 Å². The lowest BCUT2D eigenvalue weighted by Gasteiger charge is -2.09. The number of rotatable bonds is 3. The first-order chi connectivity index (χ1) is 7.61. The summed E-state index contributed by atoms with van der Waals surface area (Å²) in [5.41, 5.74) is 0.637. The minimum atomic E-state index is -0.276. The number of fused-ring (bicyclic) bond motifs is 1. The van der Waals surface area contributed by atoms with Gasteiger partial charge in [0.05, 0.1) is 6.04 Å². The molecule has 0 amide bonds. The second kappa shape index (κ2) is 4.18. The van der Waals surface area contributed by atoms with E-state index < -0.39 is 0 Å². The molecule has 0 bridgehead atoms. The molecule has 0 radical (unpaired) electrons. The average Bonchev–Trinajstić information content (AvgIpc) is 2.65. The largest absolute Gasteiger partial charge is 0.460 e. The highest BCUT2D eigenvalue weighted by Gasteiger charge is 2.22. The van der Waals surface area contributed by atoms with Gasteiger partial charge in [0.2, 0.25) is 7.85 Å². The maximum atomic E-state index is 11.9. The summed E-state index contributed by atoms with van der Waals surface area (Å²) in [7, 11) is 3.58. The third kappa shape index (κ3) is 1.90. The van der Waals surface area contributed by atoms with E-state index in [-0.39, 0.29) is 18.0 Å². The molecule has 2 atom stereocenters. The molecule has 1 unspecified atom stereocenters. The van der Waals surface area contributed by atoms with Crippen molar-refractivity contribution in [2.45, 2.75) is 19.2 Å². The van der Waals surface area contributed by atoms with E-state index >= 15 is 0 Å². The molecule has 5 heteroatoms. The lowest BCUT2D eigenvalue weighted by atomic mass is 10.1. The van der Waals surface area contributed by atoms with Crippen LogP contribution in [0.15, 0.2) is 18.2 Å². The van der Waals surface area contributed by atoms with Crippen molar-refractivity contribution in [3.8, 4) is 11.5 Å². The van der Waals surface area contributed by atoms with Gasteiger partial charge in [-0.1, -0.05) is 0 Å². The van der Waals surface area contributed by atoms with Crippen molar-refractivity contribution in [3.05, 3.63) is 23.8 Å². The van der Waals surface area contributed by atoms with Crippen molar-refractivity contribution >= 4 is 13.6 Å². The van der Waals surface area contributed by atoms with E-state index in [1.165, 1.54) is 0 Å². The first-order valence-corrected chi connectivity index (χ1v) is 5.30. The van der Waals surface area contributed by atoms with Gasteiger partial charge in [0.25, 0.3) is 0 Å². The molecule has 0 aliphatic carbocycles. The molecule has 1 aliphatic rings.